The van der Waals surface area contributed by atoms with Gasteiger partial charge in [0.1, 0.15) is 5.83 Å². The van der Waals surface area contributed by atoms with Crippen LogP contribution in [0.2, 0.25) is 0 Å². The Morgan fingerprint density at radius 2 is 2.00 bits per heavy atom. The summed E-state index contributed by atoms with van der Waals surface area (Å²) in [6.07, 6.45) is 15.6. The Labute approximate surface area is 233 Å². The van der Waals surface area contributed by atoms with Gasteiger partial charge in [0.05, 0.1) is 18.3 Å². The second-order valence-electron chi connectivity index (χ2n) is 10.5. The zero-order valence-corrected chi connectivity index (χ0v) is 23.5. The molecular formula is C34H41FN4. The summed E-state index contributed by atoms with van der Waals surface area (Å²) in [4.78, 5) is 13.9. The van der Waals surface area contributed by atoms with E-state index in [1.54, 1.807) is 12.2 Å². The molecule has 39 heavy (non-hydrogen) atoms. The minimum Gasteiger partial charge on any atom is -0.280 e. The Balaban J connectivity index is 0.00000134. The van der Waals surface area contributed by atoms with Crippen LogP contribution in [0.1, 0.15) is 76.0 Å². The van der Waals surface area contributed by atoms with Gasteiger partial charge in [0, 0.05) is 40.6 Å². The maximum atomic E-state index is 14.8. The number of nitrogens with zero attached hydrogens (tertiary/aromatic N) is 4. The molecule has 3 unspecified atom stereocenters. The van der Waals surface area contributed by atoms with Crippen molar-refractivity contribution >= 4 is 12.4 Å². The number of rotatable bonds is 10. The van der Waals surface area contributed by atoms with Crippen molar-refractivity contribution < 1.29 is 4.39 Å². The summed E-state index contributed by atoms with van der Waals surface area (Å²) in [5.74, 6) is 0.563. The number of halogens is 1. The van der Waals surface area contributed by atoms with Crippen molar-refractivity contribution in [3.05, 3.63) is 102 Å². The van der Waals surface area contributed by atoms with E-state index >= 15 is 0 Å². The first-order valence-electron chi connectivity index (χ1n) is 14.0. The summed E-state index contributed by atoms with van der Waals surface area (Å²) in [7, 11) is 0. The number of nitriles is 1. The van der Waals surface area contributed by atoms with Gasteiger partial charge in [0.15, 0.2) is 0 Å². The Bertz CT molecular complexity index is 1250. The van der Waals surface area contributed by atoms with E-state index < -0.39 is 5.83 Å². The first-order chi connectivity index (χ1) is 18.9. The molecule has 3 aliphatic rings. The van der Waals surface area contributed by atoms with Crippen molar-refractivity contribution in [2.24, 2.45) is 27.7 Å². The fraction of sp³-hybridized carbons (Fsp3) is 0.412. The first kappa shape index (κ1) is 29.9. The summed E-state index contributed by atoms with van der Waals surface area (Å²) in [5.41, 5.74) is 5.43. The molecule has 3 atom stereocenters. The second-order valence-corrected chi connectivity index (χ2v) is 10.5. The van der Waals surface area contributed by atoms with Crippen molar-refractivity contribution in [3.8, 4) is 6.07 Å². The summed E-state index contributed by atoms with van der Waals surface area (Å²) in [6.45, 7) is 19.8. The molecule has 1 saturated carbocycles. The standard InChI is InChI=1S/C31H33FN4.C3H8/c1-5-7-24-15-22(18-33)16-28-26(24)11-12-27(30(28)34-4)31(25(8-6-2)20(3)32)36-19-21-13-14-35-29(17-21)23-9-10-23;1-3-2/h5-6,8,13-15,17,23-24,26,28H,1-4,7,9-12,16,19H2;3H2,1-2H3/b25-8+,36-31?;. The molecule has 1 fully saturated rings. The van der Waals surface area contributed by atoms with E-state index in [2.05, 4.69) is 68.5 Å². The highest BCUT2D eigenvalue weighted by Crippen LogP contribution is 2.48. The molecule has 0 bridgehead atoms. The van der Waals surface area contributed by atoms with Gasteiger partial charge in [-0.3, -0.25) is 15.0 Å². The van der Waals surface area contributed by atoms with E-state index in [-0.39, 0.29) is 11.8 Å². The van der Waals surface area contributed by atoms with Gasteiger partial charge in [-0.2, -0.15) is 5.26 Å². The predicted octanol–water partition coefficient (Wildman–Crippen LogP) is 8.94. The van der Waals surface area contributed by atoms with E-state index in [0.717, 1.165) is 40.9 Å². The quantitative estimate of drug-likeness (QED) is 0.174. The Hall–Kier alpha value is -3.65. The van der Waals surface area contributed by atoms with Gasteiger partial charge < -0.3 is 0 Å². The van der Waals surface area contributed by atoms with E-state index in [9.17, 15) is 9.65 Å². The zero-order chi connectivity index (χ0) is 28.4. The normalized spacial score (nSPS) is 22.9. The molecule has 204 valence electrons. The van der Waals surface area contributed by atoms with E-state index in [4.69, 9.17) is 4.99 Å². The monoisotopic (exact) mass is 524 g/mol. The molecular weight excluding hydrogens is 483 g/mol. The molecule has 0 N–H and O–H groups in total. The number of aliphatic imine (C=N–C) groups is 2. The van der Waals surface area contributed by atoms with Crippen LogP contribution in [-0.4, -0.2) is 17.4 Å². The zero-order valence-electron chi connectivity index (χ0n) is 23.5. The molecule has 1 heterocycles. The molecule has 0 aliphatic heterocycles. The third kappa shape index (κ3) is 7.47. The minimum absolute atomic E-state index is 0.0290. The lowest BCUT2D eigenvalue weighted by atomic mass is 9.64. The maximum Gasteiger partial charge on any atom is 0.125 e. The second kappa shape index (κ2) is 14.5. The predicted molar refractivity (Wildman–Crippen MR) is 161 cm³/mol. The third-order valence-corrected chi connectivity index (χ3v) is 7.44. The van der Waals surface area contributed by atoms with Crippen molar-refractivity contribution in [1.82, 2.24) is 4.98 Å². The van der Waals surface area contributed by atoms with E-state index in [0.29, 0.717) is 42.5 Å². The van der Waals surface area contributed by atoms with Crippen molar-refractivity contribution in [2.75, 3.05) is 0 Å². The molecule has 0 amide bonds. The van der Waals surface area contributed by atoms with Gasteiger partial charge in [-0.1, -0.05) is 57.7 Å². The highest BCUT2D eigenvalue weighted by molar-refractivity contribution is 6.15. The summed E-state index contributed by atoms with van der Waals surface area (Å²) in [6, 6.07) is 6.40. The topological polar surface area (TPSA) is 61.4 Å². The van der Waals surface area contributed by atoms with Crippen LogP contribution in [0.25, 0.3) is 0 Å². The molecule has 4 nitrogen and oxygen atoms in total. The average molecular weight is 525 g/mol. The van der Waals surface area contributed by atoms with Crippen LogP contribution in [0.15, 0.2) is 101 Å². The first-order valence-corrected chi connectivity index (χ1v) is 14.0. The maximum absolute atomic E-state index is 14.8. The van der Waals surface area contributed by atoms with Crippen LogP contribution in [0.3, 0.4) is 0 Å². The molecule has 0 spiro atoms. The molecule has 4 rings (SSSR count). The molecule has 0 aromatic carbocycles. The SMILES string of the molecule is C=C/C=C(\C(=C)F)C(=NCc1ccnc(C2CC2)c1)C1=C(N=C)C2CC(C#N)=CC(CC=C)C2CC1.CCC. The largest absolute Gasteiger partial charge is 0.280 e. The van der Waals surface area contributed by atoms with Crippen LogP contribution < -0.4 is 0 Å². The molecule has 1 aromatic heterocycles. The molecule has 0 saturated heterocycles. The Morgan fingerprint density at radius 1 is 1.26 bits per heavy atom. The highest BCUT2D eigenvalue weighted by atomic mass is 19.1. The number of hydrogen-bond donors (Lipinski definition) is 0. The van der Waals surface area contributed by atoms with Crippen molar-refractivity contribution in [2.45, 2.75) is 71.3 Å². The van der Waals surface area contributed by atoms with Gasteiger partial charge in [0.2, 0.25) is 0 Å². The Kier molecular flexibility index (Phi) is 11.1. The van der Waals surface area contributed by atoms with Gasteiger partial charge in [-0.25, -0.2) is 4.39 Å². The Morgan fingerprint density at radius 3 is 2.59 bits per heavy atom. The number of aromatic nitrogens is 1. The van der Waals surface area contributed by atoms with Crippen LogP contribution >= 0.6 is 0 Å². The van der Waals surface area contributed by atoms with Gasteiger partial charge >= 0.3 is 0 Å². The number of fused-ring (bicyclic) bond motifs is 1. The van der Waals surface area contributed by atoms with Gasteiger partial charge in [-0.15, -0.1) is 6.58 Å². The lowest BCUT2D eigenvalue weighted by molar-refractivity contribution is 0.244. The van der Waals surface area contributed by atoms with Crippen molar-refractivity contribution in [1.29, 1.82) is 5.26 Å². The summed E-state index contributed by atoms with van der Waals surface area (Å²) < 4.78 is 14.8. The van der Waals surface area contributed by atoms with E-state index in [1.807, 2.05) is 18.3 Å². The number of allylic oxidation sites excluding steroid dienone is 9. The molecule has 0 radical (unpaired) electrons. The minimum atomic E-state index is -0.564. The smallest absolute Gasteiger partial charge is 0.125 e. The van der Waals surface area contributed by atoms with Crippen LogP contribution in [-0.2, 0) is 6.54 Å². The number of hydrogen-bond acceptors (Lipinski definition) is 4. The van der Waals surface area contributed by atoms with E-state index in [1.165, 1.54) is 19.3 Å². The highest BCUT2D eigenvalue weighted by Gasteiger charge is 2.40. The fourth-order valence-electron chi connectivity index (χ4n) is 5.61. The van der Waals surface area contributed by atoms with Crippen LogP contribution in [0.4, 0.5) is 4.39 Å². The van der Waals surface area contributed by atoms with Gasteiger partial charge in [-0.05, 0) is 80.3 Å². The average Bonchev–Trinajstić information content (AvgIpc) is 3.78. The lowest BCUT2D eigenvalue weighted by Crippen LogP contribution is -2.33. The lowest BCUT2D eigenvalue weighted by Gasteiger charge is -2.40. The summed E-state index contributed by atoms with van der Waals surface area (Å²) >= 11 is 0. The van der Waals surface area contributed by atoms with Crippen molar-refractivity contribution in [3.63, 3.8) is 0 Å². The number of pyridine rings is 1. The fourth-order valence-corrected chi connectivity index (χ4v) is 5.61. The van der Waals surface area contributed by atoms with Crippen LogP contribution in [0.5, 0.6) is 0 Å². The molecule has 1 aromatic rings. The van der Waals surface area contributed by atoms with Crippen LogP contribution in [0, 0.1) is 29.1 Å². The molecule has 3 aliphatic carbocycles. The molecule has 5 heteroatoms. The van der Waals surface area contributed by atoms with Gasteiger partial charge in [0.25, 0.3) is 0 Å². The third-order valence-electron chi connectivity index (χ3n) is 7.44. The summed E-state index contributed by atoms with van der Waals surface area (Å²) in [5, 5.41) is 9.69.